The molecule has 92 valence electrons. The first-order chi connectivity index (χ1) is 8.33. The van der Waals surface area contributed by atoms with Crippen molar-refractivity contribution >= 4 is 11.3 Å². The summed E-state index contributed by atoms with van der Waals surface area (Å²) in [6.45, 7) is 4.47. The molecule has 2 aromatic heterocycles. The first-order valence-corrected chi connectivity index (χ1v) is 7.08. The Labute approximate surface area is 106 Å². The fraction of sp³-hybridized carbons (Fsp3) is 0.538. The van der Waals surface area contributed by atoms with Crippen LogP contribution in [0.2, 0.25) is 0 Å². The van der Waals surface area contributed by atoms with Crippen molar-refractivity contribution in [1.29, 1.82) is 0 Å². The minimum atomic E-state index is 0.579. The highest BCUT2D eigenvalue weighted by Gasteiger charge is 2.14. The third-order valence-electron chi connectivity index (χ3n) is 2.99. The molecule has 2 aromatic rings. The maximum Gasteiger partial charge on any atom is 0.0831 e. The van der Waals surface area contributed by atoms with Crippen molar-refractivity contribution in [2.45, 2.75) is 45.4 Å². The van der Waals surface area contributed by atoms with Crippen LogP contribution in [0.5, 0.6) is 0 Å². The van der Waals surface area contributed by atoms with Crippen LogP contribution in [0.3, 0.4) is 0 Å². The standard InChI is InChI=1S/C13H19N3S/c1-3-5-12-6-7-13(17-12)10(4-2)8-11-9-14-16-15-11/h6-7,9-10H,3-5,8H2,1-2H3,(H,14,15,16). The van der Waals surface area contributed by atoms with Gasteiger partial charge in [-0.05, 0) is 30.9 Å². The van der Waals surface area contributed by atoms with Gasteiger partial charge in [0.1, 0.15) is 0 Å². The smallest absolute Gasteiger partial charge is 0.0831 e. The van der Waals surface area contributed by atoms with Gasteiger partial charge in [-0.1, -0.05) is 20.3 Å². The fourth-order valence-corrected chi connectivity index (χ4v) is 3.31. The van der Waals surface area contributed by atoms with E-state index in [1.165, 1.54) is 22.6 Å². The molecule has 0 aliphatic rings. The van der Waals surface area contributed by atoms with Gasteiger partial charge in [-0.25, -0.2) is 0 Å². The summed E-state index contributed by atoms with van der Waals surface area (Å²) in [6.07, 6.45) is 6.38. The zero-order valence-corrected chi connectivity index (χ0v) is 11.3. The van der Waals surface area contributed by atoms with Gasteiger partial charge in [0.25, 0.3) is 0 Å². The van der Waals surface area contributed by atoms with E-state index >= 15 is 0 Å². The van der Waals surface area contributed by atoms with Gasteiger partial charge < -0.3 is 0 Å². The maximum atomic E-state index is 4.14. The second-order valence-corrected chi connectivity index (χ2v) is 5.52. The van der Waals surface area contributed by atoms with E-state index in [1.807, 2.05) is 17.5 Å². The number of hydrogen-bond acceptors (Lipinski definition) is 3. The molecule has 2 heterocycles. The van der Waals surface area contributed by atoms with Crippen molar-refractivity contribution in [3.8, 4) is 0 Å². The molecular weight excluding hydrogens is 230 g/mol. The van der Waals surface area contributed by atoms with Crippen LogP contribution in [-0.2, 0) is 12.8 Å². The van der Waals surface area contributed by atoms with Gasteiger partial charge >= 0.3 is 0 Å². The van der Waals surface area contributed by atoms with Crippen molar-refractivity contribution in [2.24, 2.45) is 0 Å². The highest BCUT2D eigenvalue weighted by atomic mass is 32.1. The van der Waals surface area contributed by atoms with E-state index in [0.717, 1.165) is 18.5 Å². The lowest BCUT2D eigenvalue weighted by Crippen LogP contribution is -2.00. The molecule has 0 radical (unpaired) electrons. The van der Waals surface area contributed by atoms with Crippen LogP contribution in [-0.4, -0.2) is 15.4 Å². The Morgan fingerprint density at radius 3 is 2.88 bits per heavy atom. The van der Waals surface area contributed by atoms with Crippen LogP contribution in [0.4, 0.5) is 0 Å². The highest BCUT2D eigenvalue weighted by molar-refractivity contribution is 7.12. The molecular formula is C13H19N3S. The molecule has 4 heteroatoms. The number of nitrogens with zero attached hydrogens (tertiary/aromatic N) is 2. The molecule has 17 heavy (non-hydrogen) atoms. The molecule has 0 spiro atoms. The van der Waals surface area contributed by atoms with Crippen LogP contribution < -0.4 is 0 Å². The summed E-state index contributed by atoms with van der Waals surface area (Å²) in [4.78, 5) is 2.99. The Morgan fingerprint density at radius 2 is 2.24 bits per heavy atom. The van der Waals surface area contributed by atoms with Crippen LogP contribution >= 0.6 is 11.3 Å². The quantitative estimate of drug-likeness (QED) is 0.850. The number of hydrogen-bond donors (Lipinski definition) is 1. The van der Waals surface area contributed by atoms with Crippen molar-refractivity contribution in [2.75, 3.05) is 0 Å². The normalized spacial score (nSPS) is 12.8. The summed E-state index contributed by atoms with van der Waals surface area (Å²) in [5.74, 6) is 0.579. The minimum absolute atomic E-state index is 0.579. The first kappa shape index (κ1) is 12.3. The number of aromatic amines is 1. The molecule has 1 atom stereocenters. The maximum absolute atomic E-state index is 4.14. The number of aryl methyl sites for hydroxylation is 1. The summed E-state index contributed by atoms with van der Waals surface area (Å²) in [7, 11) is 0. The molecule has 1 N–H and O–H groups in total. The molecule has 0 aliphatic heterocycles. The predicted molar refractivity (Wildman–Crippen MR) is 71.4 cm³/mol. The molecule has 0 saturated carbocycles. The van der Waals surface area contributed by atoms with E-state index in [9.17, 15) is 0 Å². The average molecular weight is 249 g/mol. The topological polar surface area (TPSA) is 41.6 Å². The average Bonchev–Trinajstić information content (AvgIpc) is 2.97. The Balaban J connectivity index is 2.06. The van der Waals surface area contributed by atoms with Crippen molar-refractivity contribution in [1.82, 2.24) is 15.4 Å². The van der Waals surface area contributed by atoms with Crippen molar-refractivity contribution in [3.05, 3.63) is 33.8 Å². The monoisotopic (exact) mass is 249 g/mol. The first-order valence-electron chi connectivity index (χ1n) is 6.26. The van der Waals surface area contributed by atoms with E-state index in [1.54, 1.807) is 0 Å². The highest BCUT2D eigenvalue weighted by Crippen LogP contribution is 2.30. The molecule has 0 aromatic carbocycles. The zero-order chi connectivity index (χ0) is 12.1. The third kappa shape index (κ3) is 3.16. The zero-order valence-electron chi connectivity index (χ0n) is 10.4. The molecule has 0 fully saturated rings. The fourth-order valence-electron chi connectivity index (χ4n) is 2.02. The summed E-state index contributed by atoms with van der Waals surface area (Å²) in [5.41, 5.74) is 1.06. The van der Waals surface area contributed by atoms with E-state index in [4.69, 9.17) is 0 Å². The van der Waals surface area contributed by atoms with E-state index in [2.05, 4.69) is 41.4 Å². The van der Waals surface area contributed by atoms with Crippen LogP contribution in [0.1, 0.15) is 48.1 Å². The Bertz CT molecular complexity index is 433. The van der Waals surface area contributed by atoms with Gasteiger partial charge in [0.15, 0.2) is 0 Å². The second kappa shape index (κ2) is 5.96. The Kier molecular flexibility index (Phi) is 4.31. The molecule has 0 bridgehead atoms. The Hall–Kier alpha value is -1.16. The van der Waals surface area contributed by atoms with Crippen molar-refractivity contribution in [3.63, 3.8) is 0 Å². The summed E-state index contributed by atoms with van der Waals surface area (Å²) in [5, 5.41) is 10.7. The van der Waals surface area contributed by atoms with Gasteiger partial charge in [-0.15, -0.1) is 11.3 Å². The van der Waals surface area contributed by atoms with Gasteiger partial charge in [-0.2, -0.15) is 15.4 Å². The molecule has 1 unspecified atom stereocenters. The summed E-state index contributed by atoms with van der Waals surface area (Å²) in [6, 6.07) is 4.55. The van der Waals surface area contributed by atoms with E-state index in [0.29, 0.717) is 5.92 Å². The van der Waals surface area contributed by atoms with Crippen LogP contribution in [0.25, 0.3) is 0 Å². The summed E-state index contributed by atoms with van der Waals surface area (Å²) >= 11 is 1.95. The lowest BCUT2D eigenvalue weighted by Gasteiger charge is -2.10. The molecule has 0 amide bonds. The lowest BCUT2D eigenvalue weighted by atomic mass is 9.99. The number of nitrogens with one attached hydrogen (secondary N) is 1. The van der Waals surface area contributed by atoms with E-state index < -0.39 is 0 Å². The van der Waals surface area contributed by atoms with Gasteiger partial charge in [0.2, 0.25) is 0 Å². The number of thiophene rings is 1. The van der Waals surface area contributed by atoms with Gasteiger partial charge in [0, 0.05) is 16.2 Å². The van der Waals surface area contributed by atoms with E-state index in [-0.39, 0.29) is 0 Å². The van der Waals surface area contributed by atoms with Gasteiger partial charge in [-0.3, -0.25) is 0 Å². The second-order valence-electron chi connectivity index (χ2n) is 4.32. The number of H-pyrrole nitrogens is 1. The van der Waals surface area contributed by atoms with Gasteiger partial charge in [0.05, 0.1) is 11.9 Å². The molecule has 3 nitrogen and oxygen atoms in total. The molecule has 0 aliphatic carbocycles. The molecule has 0 saturated heterocycles. The minimum Gasteiger partial charge on any atom is -0.198 e. The SMILES string of the molecule is CCCc1ccc(C(CC)Cc2cn[nH]n2)s1. The Morgan fingerprint density at radius 1 is 1.35 bits per heavy atom. The predicted octanol–water partition coefficient (Wildman–Crippen LogP) is 3.56. The largest absolute Gasteiger partial charge is 0.198 e. The van der Waals surface area contributed by atoms with Crippen LogP contribution in [0, 0.1) is 0 Å². The van der Waals surface area contributed by atoms with Crippen molar-refractivity contribution < 1.29 is 0 Å². The number of aromatic nitrogens is 3. The lowest BCUT2D eigenvalue weighted by molar-refractivity contribution is 0.659. The van der Waals surface area contributed by atoms with Crippen LogP contribution in [0.15, 0.2) is 18.3 Å². The third-order valence-corrected chi connectivity index (χ3v) is 4.30. The molecule has 2 rings (SSSR count). The summed E-state index contributed by atoms with van der Waals surface area (Å²) < 4.78 is 0. The number of rotatable bonds is 6.